The number of amides is 1. The maximum atomic E-state index is 12.2. The van der Waals surface area contributed by atoms with Crippen molar-refractivity contribution in [1.29, 1.82) is 0 Å². The first kappa shape index (κ1) is 10.3. The summed E-state index contributed by atoms with van der Waals surface area (Å²) in [6, 6.07) is 3.71. The van der Waals surface area contributed by atoms with E-state index in [1.54, 1.807) is 18.1 Å². The summed E-state index contributed by atoms with van der Waals surface area (Å²) in [6.45, 7) is 0. The number of carbonyl (C=O) groups is 1. The standard InChI is InChI=1S/C11H11IN2O2/c1-14-9-7(3-2-6-13-9)16-11(4-5-11)8(12)10(14)15/h2-3,6,8H,4-5H2,1H3. The third-order valence-corrected chi connectivity index (χ3v) is 4.80. The molecule has 1 saturated carbocycles. The van der Waals surface area contributed by atoms with Crippen LogP contribution in [0.5, 0.6) is 5.75 Å². The number of fused-ring (bicyclic) bond motifs is 1. The van der Waals surface area contributed by atoms with Crippen molar-refractivity contribution in [3.05, 3.63) is 18.3 Å². The van der Waals surface area contributed by atoms with E-state index in [1.807, 2.05) is 12.1 Å². The molecule has 2 aliphatic rings. The van der Waals surface area contributed by atoms with Gasteiger partial charge in [-0.25, -0.2) is 4.98 Å². The van der Waals surface area contributed by atoms with Crippen LogP contribution in [0, 0.1) is 0 Å². The lowest BCUT2D eigenvalue weighted by Crippen LogP contribution is -2.40. The lowest BCUT2D eigenvalue weighted by atomic mass is 10.2. The molecule has 0 radical (unpaired) electrons. The Kier molecular flexibility index (Phi) is 2.14. The Bertz CT molecular complexity index is 459. The smallest absolute Gasteiger partial charge is 0.245 e. The molecule has 4 nitrogen and oxygen atoms in total. The summed E-state index contributed by atoms with van der Waals surface area (Å²) in [5.74, 6) is 1.42. The van der Waals surface area contributed by atoms with Gasteiger partial charge in [0.05, 0.1) is 0 Å². The highest BCUT2D eigenvalue weighted by molar-refractivity contribution is 14.1. The van der Waals surface area contributed by atoms with Crippen LogP contribution in [0.15, 0.2) is 18.3 Å². The normalized spacial score (nSPS) is 26.0. The molecular weight excluding hydrogens is 319 g/mol. The lowest BCUT2D eigenvalue weighted by Gasteiger charge is -2.19. The molecule has 1 fully saturated rings. The van der Waals surface area contributed by atoms with Gasteiger partial charge in [-0.1, -0.05) is 22.6 Å². The summed E-state index contributed by atoms with van der Waals surface area (Å²) >= 11 is 2.18. The van der Waals surface area contributed by atoms with Gasteiger partial charge in [0.2, 0.25) is 5.91 Å². The van der Waals surface area contributed by atoms with Crippen molar-refractivity contribution in [2.75, 3.05) is 11.9 Å². The summed E-state index contributed by atoms with van der Waals surface area (Å²) in [6.07, 6.45) is 3.59. The van der Waals surface area contributed by atoms with Gasteiger partial charge in [-0.05, 0) is 25.0 Å². The summed E-state index contributed by atoms with van der Waals surface area (Å²) in [7, 11) is 1.75. The van der Waals surface area contributed by atoms with Gasteiger partial charge >= 0.3 is 0 Å². The van der Waals surface area contributed by atoms with Gasteiger partial charge in [0.1, 0.15) is 9.53 Å². The maximum absolute atomic E-state index is 12.2. The molecule has 16 heavy (non-hydrogen) atoms. The summed E-state index contributed by atoms with van der Waals surface area (Å²) in [5, 5.41) is 0. The molecule has 84 valence electrons. The van der Waals surface area contributed by atoms with Gasteiger partial charge in [0.25, 0.3) is 0 Å². The van der Waals surface area contributed by atoms with Crippen LogP contribution >= 0.6 is 22.6 Å². The monoisotopic (exact) mass is 330 g/mol. The Labute approximate surface area is 107 Å². The van der Waals surface area contributed by atoms with Crippen LogP contribution in [0.3, 0.4) is 0 Å². The van der Waals surface area contributed by atoms with E-state index < -0.39 is 0 Å². The zero-order valence-electron chi connectivity index (χ0n) is 8.81. The first-order valence-corrected chi connectivity index (χ1v) is 6.44. The SMILES string of the molecule is CN1C(=O)C(I)C2(CC2)Oc2cccnc21. The number of halogens is 1. The minimum Gasteiger partial charge on any atom is -0.482 e. The van der Waals surface area contributed by atoms with E-state index in [-0.39, 0.29) is 15.4 Å². The van der Waals surface area contributed by atoms with Crippen molar-refractivity contribution in [3.8, 4) is 5.75 Å². The average Bonchev–Trinajstić information content (AvgIpc) is 3.07. The van der Waals surface area contributed by atoms with E-state index in [4.69, 9.17) is 4.74 Å². The maximum Gasteiger partial charge on any atom is 0.245 e. The first-order chi connectivity index (χ1) is 7.64. The quantitative estimate of drug-likeness (QED) is 0.538. The van der Waals surface area contributed by atoms with E-state index >= 15 is 0 Å². The molecule has 3 rings (SSSR count). The number of ether oxygens (including phenoxy) is 1. The minimum atomic E-state index is -0.278. The zero-order valence-corrected chi connectivity index (χ0v) is 11.0. The fourth-order valence-corrected chi connectivity index (χ4v) is 3.13. The summed E-state index contributed by atoms with van der Waals surface area (Å²) in [4.78, 5) is 18.0. The van der Waals surface area contributed by atoms with Gasteiger partial charge in [-0.3, -0.25) is 9.69 Å². The second kappa shape index (κ2) is 3.32. The molecule has 1 atom stereocenters. The minimum absolute atomic E-state index is 0.0792. The molecule has 5 heteroatoms. The highest BCUT2D eigenvalue weighted by Crippen LogP contribution is 2.50. The molecule has 1 aromatic heterocycles. The molecular formula is C11H11IN2O2. The molecule has 0 aromatic carbocycles. The number of anilines is 1. The second-order valence-electron chi connectivity index (χ2n) is 4.25. The van der Waals surface area contributed by atoms with Crippen molar-refractivity contribution >= 4 is 34.3 Å². The molecule has 1 aliphatic carbocycles. The fourth-order valence-electron chi connectivity index (χ4n) is 1.96. The van der Waals surface area contributed by atoms with Crippen molar-refractivity contribution < 1.29 is 9.53 Å². The molecule has 0 saturated heterocycles. The summed E-state index contributed by atoms with van der Waals surface area (Å²) in [5.41, 5.74) is -0.278. The summed E-state index contributed by atoms with van der Waals surface area (Å²) < 4.78 is 5.85. The predicted molar refractivity (Wildman–Crippen MR) is 68.0 cm³/mol. The molecule has 2 heterocycles. The predicted octanol–water partition coefficient (Wildman–Crippen LogP) is 1.77. The highest BCUT2D eigenvalue weighted by Gasteiger charge is 2.57. The highest BCUT2D eigenvalue weighted by atomic mass is 127. The van der Waals surface area contributed by atoms with Gasteiger partial charge in [0.15, 0.2) is 11.6 Å². The van der Waals surface area contributed by atoms with Crippen LogP contribution < -0.4 is 9.64 Å². The largest absolute Gasteiger partial charge is 0.482 e. The number of alkyl halides is 1. The van der Waals surface area contributed by atoms with Gasteiger partial charge in [-0.2, -0.15) is 0 Å². The van der Waals surface area contributed by atoms with Gasteiger partial charge < -0.3 is 4.74 Å². The Morgan fingerprint density at radius 1 is 1.62 bits per heavy atom. The van der Waals surface area contributed by atoms with Crippen LogP contribution in [-0.2, 0) is 4.79 Å². The molecule has 1 aromatic rings. The number of pyridine rings is 1. The third kappa shape index (κ3) is 1.33. The zero-order chi connectivity index (χ0) is 11.3. The number of aromatic nitrogens is 1. The van der Waals surface area contributed by atoms with Crippen LogP contribution in [0.4, 0.5) is 5.82 Å². The van der Waals surface area contributed by atoms with Crippen LogP contribution in [0.1, 0.15) is 12.8 Å². The Morgan fingerprint density at radius 3 is 3.06 bits per heavy atom. The van der Waals surface area contributed by atoms with Crippen LogP contribution in [0.25, 0.3) is 0 Å². The van der Waals surface area contributed by atoms with Crippen molar-refractivity contribution in [3.63, 3.8) is 0 Å². The van der Waals surface area contributed by atoms with E-state index in [0.29, 0.717) is 5.82 Å². The van der Waals surface area contributed by atoms with Crippen molar-refractivity contribution in [1.82, 2.24) is 4.98 Å². The second-order valence-corrected chi connectivity index (χ2v) is 5.50. The molecule has 0 N–H and O–H groups in total. The van der Waals surface area contributed by atoms with Gasteiger partial charge in [0, 0.05) is 13.2 Å². The first-order valence-electron chi connectivity index (χ1n) is 5.20. The van der Waals surface area contributed by atoms with Gasteiger partial charge in [-0.15, -0.1) is 0 Å². The average molecular weight is 330 g/mol. The topological polar surface area (TPSA) is 42.4 Å². The number of rotatable bonds is 0. The Balaban J connectivity index is 2.12. The van der Waals surface area contributed by atoms with Crippen molar-refractivity contribution in [2.45, 2.75) is 22.4 Å². The van der Waals surface area contributed by atoms with E-state index in [2.05, 4.69) is 27.6 Å². The molecule has 1 aliphatic heterocycles. The van der Waals surface area contributed by atoms with Crippen LogP contribution in [0.2, 0.25) is 0 Å². The molecule has 1 amide bonds. The van der Waals surface area contributed by atoms with E-state index in [1.165, 1.54) is 0 Å². The van der Waals surface area contributed by atoms with E-state index in [9.17, 15) is 4.79 Å². The Hall–Kier alpha value is -0.850. The third-order valence-electron chi connectivity index (χ3n) is 3.13. The lowest BCUT2D eigenvalue weighted by molar-refractivity contribution is -0.118. The van der Waals surface area contributed by atoms with E-state index in [0.717, 1.165) is 18.6 Å². The Morgan fingerprint density at radius 2 is 2.38 bits per heavy atom. The molecule has 0 bridgehead atoms. The molecule has 1 unspecified atom stereocenters. The number of hydrogen-bond acceptors (Lipinski definition) is 3. The van der Waals surface area contributed by atoms with Crippen LogP contribution in [-0.4, -0.2) is 27.5 Å². The van der Waals surface area contributed by atoms with Crippen molar-refractivity contribution in [2.24, 2.45) is 0 Å². The molecule has 1 spiro atoms. The number of hydrogen-bond donors (Lipinski definition) is 0. The number of carbonyl (C=O) groups excluding carboxylic acids is 1. The fraction of sp³-hybridized carbons (Fsp3) is 0.455. The number of nitrogens with zero attached hydrogens (tertiary/aromatic N) is 2.